The first-order valence-corrected chi connectivity index (χ1v) is 9.27. The number of aromatic nitrogens is 3. The molecule has 1 aliphatic rings. The van der Waals surface area contributed by atoms with Gasteiger partial charge in [0.25, 0.3) is 0 Å². The van der Waals surface area contributed by atoms with Gasteiger partial charge in [0.1, 0.15) is 16.9 Å². The van der Waals surface area contributed by atoms with Crippen molar-refractivity contribution in [2.24, 2.45) is 0 Å². The summed E-state index contributed by atoms with van der Waals surface area (Å²) in [6.45, 7) is 7.77. The van der Waals surface area contributed by atoms with Crippen LogP contribution in [0.15, 0.2) is 6.20 Å². The first-order chi connectivity index (χ1) is 13.0. The van der Waals surface area contributed by atoms with Crippen LogP contribution in [0.4, 0.5) is 19.4 Å². The molecule has 3 rings (SSSR count). The van der Waals surface area contributed by atoms with Gasteiger partial charge < -0.3 is 14.5 Å². The normalized spacial score (nSPS) is 19.9. The summed E-state index contributed by atoms with van der Waals surface area (Å²) in [5.74, 6) is -0.710. The minimum Gasteiger partial charge on any atom is -0.444 e. The zero-order valence-corrected chi connectivity index (χ0v) is 17.1. The summed E-state index contributed by atoms with van der Waals surface area (Å²) in [5, 5.41) is -0.141. The first kappa shape index (κ1) is 20.4. The fourth-order valence-electron chi connectivity index (χ4n) is 3.44. The minimum atomic E-state index is -1.06. The highest BCUT2D eigenvalue weighted by atomic mass is 35.5. The van der Waals surface area contributed by atoms with Crippen molar-refractivity contribution in [2.75, 3.05) is 18.5 Å². The van der Waals surface area contributed by atoms with Crippen molar-refractivity contribution in [3.8, 4) is 0 Å². The number of hydrogen-bond acceptors (Lipinski definition) is 6. The van der Waals surface area contributed by atoms with E-state index in [1.807, 2.05) is 6.92 Å². The van der Waals surface area contributed by atoms with Crippen molar-refractivity contribution in [1.29, 1.82) is 0 Å². The predicted octanol–water partition coefficient (Wildman–Crippen LogP) is 3.79. The molecule has 0 saturated carbocycles. The van der Waals surface area contributed by atoms with E-state index in [0.717, 1.165) is 0 Å². The Morgan fingerprint density at radius 1 is 1.36 bits per heavy atom. The van der Waals surface area contributed by atoms with Gasteiger partial charge in [0.05, 0.1) is 17.5 Å². The van der Waals surface area contributed by atoms with Crippen molar-refractivity contribution in [3.63, 3.8) is 0 Å². The molecule has 0 N–H and O–H groups in total. The average molecular weight is 414 g/mol. The number of ether oxygens (including phenoxy) is 1. The summed E-state index contributed by atoms with van der Waals surface area (Å²) < 4.78 is 33.7. The smallest absolute Gasteiger partial charge is 0.410 e. The molecular formula is C18H22ClF2N5O2. The van der Waals surface area contributed by atoms with Crippen LogP contribution in [0.1, 0.15) is 34.1 Å². The maximum atomic E-state index is 14.3. The van der Waals surface area contributed by atoms with Crippen LogP contribution < -0.4 is 4.90 Å². The number of rotatable bonds is 2. The van der Waals surface area contributed by atoms with Crippen LogP contribution in [0.5, 0.6) is 0 Å². The number of hydrogen-bond donors (Lipinski definition) is 0. The zero-order valence-electron chi connectivity index (χ0n) is 16.3. The lowest BCUT2D eigenvalue weighted by molar-refractivity contribution is 0.0233. The molecule has 1 aliphatic heterocycles. The second-order valence-corrected chi connectivity index (χ2v) is 8.18. The third kappa shape index (κ3) is 3.80. The predicted molar refractivity (Wildman–Crippen MR) is 101 cm³/mol. The van der Waals surface area contributed by atoms with Gasteiger partial charge in [-0.15, -0.1) is 0 Å². The Bertz CT molecular complexity index is 921. The highest BCUT2D eigenvalue weighted by Crippen LogP contribution is 2.32. The van der Waals surface area contributed by atoms with Crippen LogP contribution in [-0.4, -0.2) is 57.2 Å². The second kappa shape index (κ2) is 7.27. The topological polar surface area (TPSA) is 71.5 Å². The number of likely N-dealkylation sites (tertiary alicyclic amines) is 1. The van der Waals surface area contributed by atoms with Crippen LogP contribution >= 0.6 is 11.6 Å². The van der Waals surface area contributed by atoms with Crippen molar-refractivity contribution >= 4 is 34.4 Å². The molecule has 0 spiro atoms. The zero-order chi connectivity index (χ0) is 20.8. The van der Waals surface area contributed by atoms with Crippen molar-refractivity contribution in [3.05, 3.63) is 23.2 Å². The van der Waals surface area contributed by atoms with E-state index in [1.54, 1.807) is 37.6 Å². The minimum absolute atomic E-state index is 0.177. The highest BCUT2D eigenvalue weighted by molar-refractivity contribution is 6.30. The van der Waals surface area contributed by atoms with E-state index in [-0.39, 0.29) is 34.0 Å². The number of anilines is 1. The Hall–Kier alpha value is -2.29. The van der Waals surface area contributed by atoms with Crippen molar-refractivity contribution in [2.45, 2.75) is 51.8 Å². The van der Waals surface area contributed by atoms with Crippen LogP contribution in [0, 0.1) is 11.9 Å². The molecule has 152 valence electrons. The Morgan fingerprint density at radius 3 is 2.68 bits per heavy atom. The second-order valence-electron chi connectivity index (χ2n) is 7.82. The van der Waals surface area contributed by atoms with Gasteiger partial charge in [0.2, 0.25) is 0 Å². The van der Waals surface area contributed by atoms with Crippen LogP contribution in [0.2, 0.25) is 5.15 Å². The van der Waals surface area contributed by atoms with E-state index >= 15 is 0 Å². The quantitative estimate of drug-likeness (QED) is 0.551. The van der Waals surface area contributed by atoms with Gasteiger partial charge in [-0.1, -0.05) is 11.6 Å². The molecule has 0 bridgehead atoms. The van der Waals surface area contributed by atoms with Crippen LogP contribution in [0.3, 0.4) is 0 Å². The number of amides is 1. The van der Waals surface area contributed by atoms with E-state index in [0.29, 0.717) is 13.0 Å². The molecule has 2 aromatic rings. The molecule has 0 radical (unpaired) electrons. The van der Waals surface area contributed by atoms with Crippen LogP contribution in [-0.2, 0) is 4.74 Å². The maximum absolute atomic E-state index is 14.3. The van der Waals surface area contributed by atoms with Crippen molar-refractivity contribution in [1.82, 2.24) is 19.9 Å². The van der Waals surface area contributed by atoms with E-state index < -0.39 is 23.6 Å². The molecule has 7 nitrogen and oxygen atoms in total. The van der Waals surface area contributed by atoms with Gasteiger partial charge in [0.15, 0.2) is 11.0 Å². The molecule has 2 atom stereocenters. The number of fused-ring (bicyclic) bond motifs is 1. The summed E-state index contributed by atoms with van der Waals surface area (Å²) in [6, 6.07) is -0.401. The molecule has 28 heavy (non-hydrogen) atoms. The van der Waals surface area contributed by atoms with Gasteiger partial charge in [-0.2, -0.15) is 14.4 Å². The van der Waals surface area contributed by atoms with E-state index in [1.165, 1.54) is 6.20 Å². The fraction of sp³-hybridized carbons (Fsp3) is 0.556. The Morgan fingerprint density at radius 2 is 2.04 bits per heavy atom. The van der Waals surface area contributed by atoms with Gasteiger partial charge >= 0.3 is 12.2 Å². The Labute approximate surface area is 166 Å². The van der Waals surface area contributed by atoms with Crippen LogP contribution in [0.25, 0.3) is 10.9 Å². The summed E-state index contributed by atoms with van der Waals surface area (Å²) in [4.78, 5) is 26.9. The average Bonchev–Trinajstić information content (AvgIpc) is 2.97. The van der Waals surface area contributed by atoms with E-state index in [2.05, 4.69) is 15.0 Å². The largest absolute Gasteiger partial charge is 0.444 e. The summed E-state index contributed by atoms with van der Waals surface area (Å²) in [6.07, 6.45) is 0.462. The lowest BCUT2D eigenvalue weighted by Crippen LogP contribution is -2.45. The molecule has 10 heteroatoms. The fourth-order valence-corrected chi connectivity index (χ4v) is 3.58. The van der Waals surface area contributed by atoms with Gasteiger partial charge in [-0.3, -0.25) is 0 Å². The number of carbonyl (C=O) groups is 1. The Balaban J connectivity index is 1.92. The van der Waals surface area contributed by atoms with E-state index in [9.17, 15) is 13.6 Å². The molecule has 1 fully saturated rings. The molecule has 3 heterocycles. The molecule has 1 saturated heterocycles. The number of halogens is 3. The molecular weight excluding hydrogens is 392 g/mol. The molecule has 1 amide bonds. The monoisotopic (exact) mass is 413 g/mol. The van der Waals surface area contributed by atoms with Gasteiger partial charge in [-0.05, 0) is 34.1 Å². The molecule has 2 aromatic heterocycles. The SMILES string of the molecule is C[C@@H]1[C@H](N(C)c2nc(F)nc3c(F)c(Cl)ncc23)CCN1C(=O)OC(C)(C)C. The highest BCUT2D eigenvalue weighted by Gasteiger charge is 2.39. The third-order valence-electron chi connectivity index (χ3n) is 4.77. The third-order valence-corrected chi connectivity index (χ3v) is 5.03. The number of carbonyl (C=O) groups excluding carboxylic acids is 1. The maximum Gasteiger partial charge on any atom is 0.410 e. The molecule has 0 aromatic carbocycles. The van der Waals surface area contributed by atoms with Gasteiger partial charge in [-0.25, -0.2) is 14.2 Å². The molecule has 0 aliphatic carbocycles. The number of nitrogens with zero attached hydrogens (tertiary/aromatic N) is 5. The number of likely N-dealkylation sites (N-methyl/N-ethyl adjacent to an activating group) is 1. The van der Waals surface area contributed by atoms with E-state index in [4.69, 9.17) is 16.3 Å². The standard InChI is InChI=1S/C18H22ClF2N5O2/c1-9-11(6-7-26(9)17(27)28-18(2,3)4)25(5)15-10-8-22-14(19)12(20)13(10)23-16(21)24-15/h8-9,11H,6-7H2,1-5H3/t9-,11-/m1/s1. The summed E-state index contributed by atoms with van der Waals surface area (Å²) in [7, 11) is 1.72. The summed E-state index contributed by atoms with van der Waals surface area (Å²) >= 11 is 5.69. The lowest BCUT2D eigenvalue weighted by Gasteiger charge is -2.32. The molecule has 0 unspecified atom stereocenters. The Kier molecular flexibility index (Phi) is 5.31. The summed E-state index contributed by atoms with van der Waals surface area (Å²) in [5.41, 5.74) is -0.834. The van der Waals surface area contributed by atoms with Gasteiger partial charge in [0, 0.05) is 19.8 Å². The lowest BCUT2D eigenvalue weighted by atomic mass is 10.1. The number of pyridine rings is 1. The first-order valence-electron chi connectivity index (χ1n) is 8.89. The van der Waals surface area contributed by atoms with Crippen molar-refractivity contribution < 1.29 is 18.3 Å².